The number of rotatable bonds is 4. The Labute approximate surface area is 130 Å². The van der Waals surface area contributed by atoms with Crippen LogP contribution in [0.4, 0.5) is 4.39 Å². The fourth-order valence-corrected chi connectivity index (χ4v) is 3.13. The molecule has 1 atom stereocenters. The Kier molecular flexibility index (Phi) is 4.55. The molecule has 118 valence electrons. The summed E-state index contributed by atoms with van der Waals surface area (Å²) in [5.74, 6) is 0.411. The highest BCUT2D eigenvalue weighted by atomic mass is 19.1. The Morgan fingerprint density at radius 3 is 2.55 bits per heavy atom. The van der Waals surface area contributed by atoms with E-state index in [-0.39, 0.29) is 11.9 Å². The average molecular weight is 302 g/mol. The summed E-state index contributed by atoms with van der Waals surface area (Å²) in [6.45, 7) is 5.11. The van der Waals surface area contributed by atoms with Gasteiger partial charge in [-0.3, -0.25) is 4.90 Å². The fraction of sp³-hybridized carbons (Fsp3) is 0.471. The number of hydrogen-bond acceptors (Lipinski definition) is 3. The second-order valence-electron chi connectivity index (χ2n) is 6.18. The van der Waals surface area contributed by atoms with E-state index in [1.165, 1.54) is 12.1 Å². The van der Waals surface area contributed by atoms with E-state index in [1.54, 1.807) is 18.3 Å². The molecule has 0 bridgehead atoms. The number of piperidine rings is 1. The number of hydrogen-bond donors (Lipinski definition) is 1. The van der Waals surface area contributed by atoms with Gasteiger partial charge in [0.2, 0.25) is 0 Å². The smallest absolute Gasteiger partial charge is 0.123 e. The van der Waals surface area contributed by atoms with Crippen LogP contribution in [0.1, 0.15) is 25.5 Å². The Bertz CT molecular complexity index is 597. The van der Waals surface area contributed by atoms with Crippen molar-refractivity contribution in [3.8, 4) is 5.69 Å². The minimum atomic E-state index is -0.226. The van der Waals surface area contributed by atoms with Gasteiger partial charge in [-0.15, -0.1) is 0 Å². The molecule has 2 N–H and O–H groups in total. The van der Waals surface area contributed by atoms with Crippen molar-refractivity contribution in [2.24, 2.45) is 11.7 Å². The van der Waals surface area contributed by atoms with Crippen LogP contribution in [0.3, 0.4) is 0 Å². The number of likely N-dealkylation sites (tertiary alicyclic amines) is 1. The van der Waals surface area contributed by atoms with Crippen molar-refractivity contribution in [3.05, 3.63) is 48.0 Å². The summed E-state index contributed by atoms with van der Waals surface area (Å²) < 4.78 is 14.9. The number of nitrogens with zero attached hydrogens (tertiary/aromatic N) is 3. The molecule has 4 nitrogen and oxygen atoms in total. The topological polar surface area (TPSA) is 47.1 Å². The van der Waals surface area contributed by atoms with Crippen molar-refractivity contribution in [1.82, 2.24) is 14.7 Å². The van der Waals surface area contributed by atoms with Gasteiger partial charge in [-0.2, -0.15) is 5.10 Å². The summed E-state index contributed by atoms with van der Waals surface area (Å²) in [6, 6.07) is 8.76. The molecule has 2 heterocycles. The second kappa shape index (κ2) is 6.58. The summed E-state index contributed by atoms with van der Waals surface area (Å²) in [7, 11) is 0. The minimum Gasteiger partial charge on any atom is -0.328 e. The summed E-state index contributed by atoms with van der Waals surface area (Å²) in [6.07, 6.45) is 4.11. The lowest BCUT2D eigenvalue weighted by Gasteiger charge is -2.33. The van der Waals surface area contributed by atoms with E-state index in [0.717, 1.165) is 43.9 Å². The summed E-state index contributed by atoms with van der Waals surface area (Å²) in [5.41, 5.74) is 8.02. The van der Waals surface area contributed by atoms with Gasteiger partial charge in [-0.05, 0) is 69.1 Å². The van der Waals surface area contributed by atoms with Gasteiger partial charge >= 0.3 is 0 Å². The zero-order valence-electron chi connectivity index (χ0n) is 13.0. The summed E-state index contributed by atoms with van der Waals surface area (Å²) >= 11 is 0. The second-order valence-corrected chi connectivity index (χ2v) is 6.18. The van der Waals surface area contributed by atoms with Crippen LogP contribution in [-0.2, 0) is 6.54 Å². The molecule has 1 fully saturated rings. The third-order valence-corrected chi connectivity index (χ3v) is 4.55. The summed E-state index contributed by atoms with van der Waals surface area (Å²) in [5, 5.41) is 4.37. The third-order valence-electron chi connectivity index (χ3n) is 4.55. The van der Waals surface area contributed by atoms with Crippen LogP contribution in [0.15, 0.2) is 36.5 Å². The molecule has 1 aliphatic rings. The molecule has 0 spiro atoms. The molecular weight excluding hydrogens is 279 g/mol. The van der Waals surface area contributed by atoms with Gasteiger partial charge in [0, 0.05) is 18.8 Å². The van der Waals surface area contributed by atoms with Crippen molar-refractivity contribution >= 4 is 0 Å². The van der Waals surface area contributed by atoms with E-state index in [1.807, 2.05) is 10.7 Å². The van der Waals surface area contributed by atoms with Crippen LogP contribution in [0, 0.1) is 11.7 Å². The van der Waals surface area contributed by atoms with Crippen LogP contribution >= 0.6 is 0 Å². The maximum atomic E-state index is 13.1. The lowest BCUT2D eigenvalue weighted by molar-refractivity contribution is 0.163. The number of nitrogens with two attached hydrogens (primary N) is 1. The normalized spacial score (nSPS) is 18.5. The van der Waals surface area contributed by atoms with Crippen molar-refractivity contribution in [3.63, 3.8) is 0 Å². The zero-order valence-corrected chi connectivity index (χ0v) is 13.0. The van der Waals surface area contributed by atoms with Gasteiger partial charge < -0.3 is 5.73 Å². The highest BCUT2D eigenvalue weighted by Crippen LogP contribution is 2.21. The Hall–Kier alpha value is -1.72. The van der Waals surface area contributed by atoms with Crippen LogP contribution in [-0.4, -0.2) is 33.8 Å². The van der Waals surface area contributed by atoms with E-state index in [0.29, 0.717) is 5.92 Å². The monoisotopic (exact) mass is 302 g/mol. The first-order valence-corrected chi connectivity index (χ1v) is 7.90. The molecule has 1 aliphatic heterocycles. The molecule has 0 amide bonds. The van der Waals surface area contributed by atoms with Crippen molar-refractivity contribution in [2.75, 3.05) is 13.1 Å². The predicted molar refractivity (Wildman–Crippen MR) is 85.2 cm³/mol. The Morgan fingerprint density at radius 1 is 1.23 bits per heavy atom. The van der Waals surface area contributed by atoms with E-state index >= 15 is 0 Å². The van der Waals surface area contributed by atoms with Crippen molar-refractivity contribution in [2.45, 2.75) is 32.4 Å². The number of benzene rings is 1. The lowest BCUT2D eigenvalue weighted by Crippen LogP contribution is -2.39. The van der Waals surface area contributed by atoms with Gasteiger partial charge in [0.1, 0.15) is 5.82 Å². The van der Waals surface area contributed by atoms with Gasteiger partial charge in [0.25, 0.3) is 0 Å². The SMILES string of the molecule is CC(N)C1CCN(Cc2ccnn2-c2ccc(F)cc2)CC1. The van der Waals surface area contributed by atoms with Gasteiger partial charge in [-0.1, -0.05) is 0 Å². The van der Waals surface area contributed by atoms with Gasteiger partial charge in [-0.25, -0.2) is 9.07 Å². The molecule has 1 aromatic carbocycles. The van der Waals surface area contributed by atoms with Crippen molar-refractivity contribution in [1.29, 1.82) is 0 Å². The lowest BCUT2D eigenvalue weighted by atomic mass is 9.91. The molecule has 1 saturated heterocycles. The van der Waals surface area contributed by atoms with E-state index in [2.05, 4.69) is 16.9 Å². The first-order valence-electron chi connectivity index (χ1n) is 7.90. The number of halogens is 1. The van der Waals surface area contributed by atoms with E-state index in [9.17, 15) is 4.39 Å². The molecule has 0 saturated carbocycles. The zero-order chi connectivity index (χ0) is 15.5. The first-order chi connectivity index (χ1) is 10.6. The van der Waals surface area contributed by atoms with E-state index in [4.69, 9.17) is 5.73 Å². The quantitative estimate of drug-likeness (QED) is 0.944. The molecule has 2 aromatic rings. The highest BCUT2D eigenvalue weighted by Gasteiger charge is 2.22. The Balaban J connectivity index is 1.67. The predicted octanol–water partition coefficient (Wildman–Crippen LogP) is 2.57. The number of aromatic nitrogens is 2. The van der Waals surface area contributed by atoms with Crippen LogP contribution in [0.5, 0.6) is 0 Å². The average Bonchev–Trinajstić information content (AvgIpc) is 2.97. The minimum absolute atomic E-state index is 0.226. The largest absolute Gasteiger partial charge is 0.328 e. The molecule has 3 rings (SSSR count). The standard InChI is InChI=1S/C17H23FN4/c1-13(19)14-7-10-21(11-8-14)12-17-6-9-20-22(17)16-4-2-15(18)3-5-16/h2-6,9,13-14H,7-8,10-12,19H2,1H3. The van der Waals surface area contributed by atoms with E-state index < -0.39 is 0 Å². The van der Waals surface area contributed by atoms with Gasteiger partial charge in [0.15, 0.2) is 0 Å². The molecule has 1 aromatic heterocycles. The molecule has 0 radical (unpaired) electrons. The fourth-order valence-electron chi connectivity index (χ4n) is 3.13. The van der Waals surface area contributed by atoms with Crippen LogP contribution < -0.4 is 5.73 Å². The Morgan fingerprint density at radius 2 is 1.91 bits per heavy atom. The molecule has 0 aliphatic carbocycles. The van der Waals surface area contributed by atoms with Crippen LogP contribution in [0.2, 0.25) is 0 Å². The maximum absolute atomic E-state index is 13.1. The van der Waals surface area contributed by atoms with Crippen LogP contribution in [0.25, 0.3) is 5.69 Å². The molecular formula is C17H23FN4. The highest BCUT2D eigenvalue weighted by molar-refractivity contribution is 5.32. The molecule has 1 unspecified atom stereocenters. The third kappa shape index (κ3) is 3.36. The molecule has 5 heteroatoms. The van der Waals surface area contributed by atoms with Crippen molar-refractivity contribution < 1.29 is 4.39 Å². The molecule has 22 heavy (non-hydrogen) atoms. The first kappa shape index (κ1) is 15.2. The van der Waals surface area contributed by atoms with Gasteiger partial charge in [0.05, 0.1) is 11.4 Å². The maximum Gasteiger partial charge on any atom is 0.123 e. The summed E-state index contributed by atoms with van der Waals surface area (Å²) in [4.78, 5) is 2.44.